The molecule has 73 heavy (non-hydrogen) atoms. The van der Waals surface area contributed by atoms with Gasteiger partial charge in [-0.15, -0.1) is 0 Å². The molecule has 0 saturated heterocycles. The molecule has 0 amide bonds. The number of ether oxygens (including phenoxy) is 3. The molecule has 0 rings (SSSR count). The smallest absolute Gasteiger partial charge is 0.306 e. The first kappa shape index (κ1) is 70.9. The fraction of sp³-hybridized carbons (Fsp3) is 0.896. The lowest BCUT2D eigenvalue weighted by Gasteiger charge is -2.18. The van der Waals surface area contributed by atoms with E-state index >= 15 is 0 Å². The number of hydrogen-bond acceptors (Lipinski definition) is 6. The normalized spacial score (nSPS) is 12.1. The number of rotatable bonds is 61. The SMILES string of the molecule is CCCCCCCC/C=C\CCCCCCCCCCCC(=O)O[C@H](COC(=O)CCCCCCC/C=C\CCCCCCCC)COC(=O)CCCCCCCCCCCCCCCCCCCCCCC. The lowest BCUT2D eigenvalue weighted by atomic mass is 10.0. The summed E-state index contributed by atoms with van der Waals surface area (Å²) in [6.45, 7) is 6.69. The summed E-state index contributed by atoms with van der Waals surface area (Å²) in [5.41, 5.74) is 0. The molecule has 0 N–H and O–H groups in total. The molecular formula is C67H126O6. The number of carbonyl (C=O) groups excluding carboxylic acids is 3. The minimum Gasteiger partial charge on any atom is -0.462 e. The Morgan fingerprint density at radius 3 is 0.685 bits per heavy atom. The first-order valence-corrected chi connectivity index (χ1v) is 32.8. The molecule has 1 atom stereocenters. The minimum absolute atomic E-state index is 0.0695. The van der Waals surface area contributed by atoms with Crippen molar-refractivity contribution in [1.82, 2.24) is 0 Å². The monoisotopic (exact) mass is 1030 g/mol. The van der Waals surface area contributed by atoms with Crippen LogP contribution < -0.4 is 0 Å². The van der Waals surface area contributed by atoms with E-state index in [-0.39, 0.29) is 31.1 Å². The van der Waals surface area contributed by atoms with Crippen LogP contribution in [0.3, 0.4) is 0 Å². The predicted molar refractivity (Wildman–Crippen MR) is 316 cm³/mol. The average Bonchev–Trinajstić information content (AvgIpc) is 3.39. The molecule has 0 aromatic rings. The molecule has 430 valence electrons. The number of unbranched alkanes of at least 4 members (excludes halogenated alkanes) is 46. The molecule has 0 bridgehead atoms. The quantitative estimate of drug-likeness (QED) is 0.0261. The van der Waals surface area contributed by atoms with Crippen molar-refractivity contribution in [1.29, 1.82) is 0 Å². The Hall–Kier alpha value is -2.11. The van der Waals surface area contributed by atoms with E-state index in [1.54, 1.807) is 0 Å². The fourth-order valence-corrected chi connectivity index (χ4v) is 9.97. The van der Waals surface area contributed by atoms with Crippen LogP contribution in [0.1, 0.15) is 367 Å². The van der Waals surface area contributed by atoms with E-state index in [9.17, 15) is 14.4 Å². The van der Waals surface area contributed by atoms with Gasteiger partial charge in [0.1, 0.15) is 13.2 Å². The highest BCUT2D eigenvalue weighted by atomic mass is 16.6. The number of carbonyl (C=O) groups is 3. The second kappa shape index (κ2) is 62.4. The van der Waals surface area contributed by atoms with E-state index in [0.717, 1.165) is 64.2 Å². The summed E-state index contributed by atoms with van der Waals surface area (Å²) in [6.07, 6.45) is 74.7. The fourth-order valence-electron chi connectivity index (χ4n) is 9.97. The van der Waals surface area contributed by atoms with Crippen LogP contribution in [-0.2, 0) is 28.6 Å². The van der Waals surface area contributed by atoms with Gasteiger partial charge in [0, 0.05) is 19.3 Å². The van der Waals surface area contributed by atoms with Gasteiger partial charge in [-0.25, -0.2) is 0 Å². The van der Waals surface area contributed by atoms with Gasteiger partial charge in [0.15, 0.2) is 6.10 Å². The van der Waals surface area contributed by atoms with Crippen molar-refractivity contribution in [3.8, 4) is 0 Å². The molecule has 0 aliphatic heterocycles. The summed E-state index contributed by atoms with van der Waals surface area (Å²) in [7, 11) is 0. The van der Waals surface area contributed by atoms with Crippen molar-refractivity contribution >= 4 is 17.9 Å². The Kier molecular flexibility index (Phi) is 60.6. The predicted octanol–water partition coefficient (Wildman–Crippen LogP) is 22.2. The second-order valence-corrected chi connectivity index (χ2v) is 22.4. The van der Waals surface area contributed by atoms with Crippen LogP contribution in [0.5, 0.6) is 0 Å². The lowest BCUT2D eigenvalue weighted by molar-refractivity contribution is -0.167. The number of allylic oxidation sites excluding steroid dienone is 4. The molecule has 0 aliphatic rings. The number of hydrogen-bond donors (Lipinski definition) is 0. The van der Waals surface area contributed by atoms with E-state index in [1.165, 1.54) is 263 Å². The molecule has 0 aliphatic carbocycles. The third kappa shape index (κ3) is 60.6. The van der Waals surface area contributed by atoms with Gasteiger partial charge >= 0.3 is 17.9 Å². The number of esters is 3. The Labute approximate surface area is 455 Å². The van der Waals surface area contributed by atoms with Gasteiger partial charge in [-0.2, -0.15) is 0 Å². The summed E-state index contributed by atoms with van der Waals surface area (Å²) in [6, 6.07) is 0. The van der Waals surface area contributed by atoms with Gasteiger partial charge in [-0.3, -0.25) is 14.4 Å². The van der Waals surface area contributed by atoms with Crippen molar-refractivity contribution < 1.29 is 28.6 Å². The van der Waals surface area contributed by atoms with E-state index in [4.69, 9.17) is 14.2 Å². The molecule has 0 heterocycles. The topological polar surface area (TPSA) is 78.9 Å². The molecule has 0 fully saturated rings. The van der Waals surface area contributed by atoms with Gasteiger partial charge in [-0.05, 0) is 70.6 Å². The van der Waals surface area contributed by atoms with Gasteiger partial charge in [0.25, 0.3) is 0 Å². The van der Waals surface area contributed by atoms with E-state index in [1.807, 2.05) is 0 Å². The summed E-state index contributed by atoms with van der Waals surface area (Å²) in [5, 5.41) is 0. The second-order valence-electron chi connectivity index (χ2n) is 22.4. The van der Waals surface area contributed by atoms with E-state index in [2.05, 4.69) is 45.1 Å². The minimum atomic E-state index is -0.773. The molecule has 6 nitrogen and oxygen atoms in total. The zero-order valence-corrected chi connectivity index (χ0v) is 49.4. The molecular weight excluding hydrogens is 901 g/mol. The van der Waals surface area contributed by atoms with Crippen molar-refractivity contribution in [2.24, 2.45) is 0 Å². The lowest BCUT2D eigenvalue weighted by Crippen LogP contribution is -2.30. The van der Waals surface area contributed by atoms with Crippen LogP contribution in [0.4, 0.5) is 0 Å². The summed E-state index contributed by atoms with van der Waals surface area (Å²) in [5.74, 6) is -0.853. The molecule has 6 heteroatoms. The van der Waals surface area contributed by atoms with Crippen LogP contribution >= 0.6 is 0 Å². The largest absolute Gasteiger partial charge is 0.462 e. The Bertz CT molecular complexity index is 1180. The summed E-state index contributed by atoms with van der Waals surface area (Å²) < 4.78 is 17.0. The van der Waals surface area contributed by atoms with Gasteiger partial charge in [-0.1, -0.05) is 302 Å². The van der Waals surface area contributed by atoms with Crippen molar-refractivity contribution in [3.63, 3.8) is 0 Å². The maximum absolute atomic E-state index is 12.9. The van der Waals surface area contributed by atoms with Crippen LogP contribution in [0.15, 0.2) is 24.3 Å². The highest BCUT2D eigenvalue weighted by molar-refractivity contribution is 5.71. The highest BCUT2D eigenvalue weighted by Gasteiger charge is 2.19. The Morgan fingerprint density at radius 2 is 0.452 bits per heavy atom. The first-order chi connectivity index (χ1) is 36.0. The third-order valence-corrected chi connectivity index (χ3v) is 14.9. The third-order valence-electron chi connectivity index (χ3n) is 14.9. The maximum atomic E-state index is 12.9. The van der Waals surface area contributed by atoms with Crippen molar-refractivity contribution in [2.75, 3.05) is 13.2 Å². The van der Waals surface area contributed by atoms with Crippen molar-refractivity contribution in [2.45, 2.75) is 374 Å². The van der Waals surface area contributed by atoms with E-state index in [0.29, 0.717) is 19.3 Å². The molecule has 0 aromatic carbocycles. The van der Waals surface area contributed by atoms with E-state index < -0.39 is 6.10 Å². The van der Waals surface area contributed by atoms with Crippen LogP contribution in [0, 0.1) is 0 Å². The molecule has 0 aromatic heterocycles. The van der Waals surface area contributed by atoms with Crippen molar-refractivity contribution in [3.05, 3.63) is 24.3 Å². The standard InChI is InChI=1S/C67H126O6/c1-4-7-10-13-16-19-22-25-28-30-32-33-35-36-39-42-45-48-51-54-57-60-66(69)72-63-64(62-71-65(68)59-56-53-50-47-44-41-38-27-24-21-18-15-12-9-6-3)73-67(70)61-58-55-52-49-46-43-40-37-34-31-29-26-23-20-17-14-11-8-5-2/h26-27,29,38,64H,4-25,28,30-37,39-63H2,1-3H3/b29-26-,38-27-/t64-/m1/s1. The van der Waals surface area contributed by atoms with Crippen LogP contribution in [0.25, 0.3) is 0 Å². The summed E-state index contributed by atoms with van der Waals surface area (Å²) >= 11 is 0. The van der Waals surface area contributed by atoms with Crippen LogP contribution in [0.2, 0.25) is 0 Å². The summed E-state index contributed by atoms with van der Waals surface area (Å²) in [4.78, 5) is 38.3. The first-order valence-electron chi connectivity index (χ1n) is 32.8. The molecule has 0 radical (unpaired) electrons. The van der Waals surface area contributed by atoms with Gasteiger partial charge < -0.3 is 14.2 Å². The zero-order valence-electron chi connectivity index (χ0n) is 49.4. The maximum Gasteiger partial charge on any atom is 0.306 e. The van der Waals surface area contributed by atoms with Gasteiger partial charge in [0.05, 0.1) is 0 Å². The average molecular weight is 1030 g/mol. The Balaban J connectivity index is 4.30. The zero-order chi connectivity index (χ0) is 52.9. The molecule has 0 spiro atoms. The van der Waals surface area contributed by atoms with Crippen LogP contribution in [-0.4, -0.2) is 37.2 Å². The van der Waals surface area contributed by atoms with Gasteiger partial charge in [0.2, 0.25) is 0 Å². The highest BCUT2D eigenvalue weighted by Crippen LogP contribution is 2.18. The molecule has 0 unspecified atom stereocenters. The molecule has 0 saturated carbocycles. The Morgan fingerprint density at radius 1 is 0.260 bits per heavy atom.